The summed E-state index contributed by atoms with van der Waals surface area (Å²) in [4.78, 5) is 10.8. The predicted molar refractivity (Wildman–Crippen MR) is 60.7 cm³/mol. The van der Waals surface area contributed by atoms with Crippen LogP contribution in [0.2, 0.25) is 0 Å². The van der Waals surface area contributed by atoms with Gasteiger partial charge in [-0.3, -0.25) is 0 Å². The van der Waals surface area contributed by atoms with Crippen molar-refractivity contribution in [2.45, 2.75) is 6.92 Å². The van der Waals surface area contributed by atoms with Gasteiger partial charge in [-0.1, -0.05) is 0 Å². The number of benzene rings is 1. The van der Waals surface area contributed by atoms with Crippen LogP contribution in [0.4, 0.5) is 4.79 Å². The highest BCUT2D eigenvalue weighted by Crippen LogP contribution is 2.16. The molecule has 2 amide bonds. The van der Waals surface area contributed by atoms with Crippen molar-refractivity contribution in [2.24, 2.45) is 0 Å². The Morgan fingerprint density at radius 3 is 2.25 bits per heavy atom. The number of hydrogen-bond donors (Lipinski definition) is 2. The molecular weight excluding hydrogens is 208 g/mol. The van der Waals surface area contributed by atoms with Crippen molar-refractivity contribution in [1.29, 1.82) is 0 Å². The summed E-state index contributed by atoms with van der Waals surface area (Å²) in [6.45, 7) is 2.70. The second kappa shape index (κ2) is 6.55. The van der Waals surface area contributed by atoms with E-state index in [2.05, 4.69) is 10.6 Å². The van der Waals surface area contributed by atoms with Gasteiger partial charge in [-0.15, -0.1) is 0 Å². The van der Waals surface area contributed by atoms with Crippen LogP contribution in [0.15, 0.2) is 24.3 Å². The maximum Gasteiger partial charge on any atom is 0.317 e. The van der Waals surface area contributed by atoms with Gasteiger partial charge < -0.3 is 20.1 Å². The van der Waals surface area contributed by atoms with Crippen molar-refractivity contribution in [3.63, 3.8) is 0 Å². The first kappa shape index (κ1) is 12.2. The van der Waals surface area contributed by atoms with Crippen LogP contribution >= 0.6 is 0 Å². The van der Waals surface area contributed by atoms with Gasteiger partial charge in [0, 0.05) is 7.05 Å². The number of amides is 2. The van der Waals surface area contributed by atoms with E-state index >= 15 is 0 Å². The Bertz CT molecular complexity index is 325. The van der Waals surface area contributed by atoms with Crippen molar-refractivity contribution in [3.8, 4) is 11.5 Å². The van der Waals surface area contributed by atoms with Crippen LogP contribution in [0.25, 0.3) is 0 Å². The lowest BCUT2D eigenvalue weighted by Gasteiger charge is -2.08. The number of ether oxygens (including phenoxy) is 2. The van der Waals surface area contributed by atoms with E-state index in [0.29, 0.717) is 12.4 Å². The van der Waals surface area contributed by atoms with Crippen molar-refractivity contribution >= 4 is 6.03 Å². The summed E-state index contributed by atoms with van der Waals surface area (Å²) < 4.78 is 10.6. The van der Waals surface area contributed by atoms with Crippen LogP contribution in [0.3, 0.4) is 0 Å². The number of nitrogens with one attached hydrogen (secondary N) is 2. The molecule has 0 aliphatic rings. The third-order valence-corrected chi connectivity index (χ3v) is 1.83. The summed E-state index contributed by atoms with van der Waals surface area (Å²) in [5.74, 6) is 1.48. The van der Waals surface area contributed by atoms with Gasteiger partial charge in [-0.25, -0.2) is 4.79 Å². The first-order valence-corrected chi connectivity index (χ1v) is 5.07. The SMILES string of the molecule is CCOc1ccc(OCNC(=O)NC)cc1. The van der Waals surface area contributed by atoms with E-state index < -0.39 is 0 Å². The van der Waals surface area contributed by atoms with Crippen LogP contribution in [-0.2, 0) is 0 Å². The highest BCUT2D eigenvalue weighted by atomic mass is 16.5. The van der Waals surface area contributed by atoms with Gasteiger partial charge >= 0.3 is 6.03 Å². The average Bonchev–Trinajstić information content (AvgIpc) is 2.31. The van der Waals surface area contributed by atoms with Gasteiger partial charge in [0.05, 0.1) is 6.61 Å². The van der Waals surface area contributed by atoms with Crippen molar-refractivity contribution in [3.05, 3.63) is 24.3 Å². The number of carbonyl (C=O) groups is 1. The number of rotatable bonds is 5. The molecule has 0 heterocycles. The predicted octanol–water partition coefficient (Wildman–Crippen LogP) is 1.35. The van der Waals surface area contributed by atoms with E-state index in [1.165, 1.54) is 0 Å². The molecule has 5 nitrogen and oxygen atoms in total. The number of carbonyl (C=O) groups excluding carboxylic acids is 1. The summed E-state index contributed by atoms with van der Waals surface area (Å²) in [5.41, 5.74) is 0. The molecule has 1 rings (SSSR count). The fourth-order valence-corrected chi connectivity index (χ4v) is 1.07. The van der Waals surface area contributed by atoms with Gasteiger partial charge in [0.2, 0.25) is 0 Å². The smallest absolute Gasteiger partial charge is 0.317 e. The molecule has 1 aromatic carbocycles. The van der Waals surface area contributed by atoms with Crippen LogP contribution in [-0.4, -0.2) is 26.4 Å². The Morgan fingerprint density at radius 2 is 1.75 bits per heavy atom. The molecule has 5 heteroatoms. The van der Waals surface area contributed by atoms with Crippen LogP contribution in [0, 0.1) is 0 Å². The number of urea groups is 1. The molecule has 0 bridgehead atoms. The molecule has 0 saturated heterocycles. The maximum absolute atomic E-state index is 10.8. The molecule has 16 heavy (non-hydrogen) atoms. The van der Waals surface area contributed by atoms with E-state index in [1.807, 2.05) is 19.1 Å². The zero-order chi connectivity index (χ0) is 11.8. The Labute approximate surface area is 94.7 Å². The summed E-state index contributed by atoms with van der Waals surface area (Å²) >= 11 is 0. The summed E-state index contributed by atoms with van der Waals surface area (Å²) in [6, 6.07) is 6.94. The molecule has 0 aliphatic heterocycles. The summed E-state index contributed by atoms with van der Waals surface area (Å²) in [5, 5.41) is 4.94. The Kier molecular flexibility index (Phi) is 4.98. The molecule has 88 valence electrons. The third-order valence-electron chi connectivity index (χ3n) is 1.83. The lowest BCUT2D eigenvalue weighted by Crippen LogP contribution is -2.35. The fourth-order valence-electron chi connectivity index (χ4n) is 1.07. The number of hydrogen-bond acceptors (Lipinski definition) is 3. The highest BCUT2D eigenvalue weighted by molar-refractivity contribution is 5.73. The van der Waals surface area contributed by atoms with E-state index in [4.69, 9.17) is 9.47 Å². The minimum atomic E-state index is -0.272. The van der Waals surface area contributed by atoms with Crippen molar-refractivity contribution in [2.75, 3.05) is 20.4 Å². The second-order valence-electron chi connectivity index (χ2n) is 2.95. The largest absolute Gasteiger partial charge is 0.494 e. The molecule has 0 fully saturated rings. The molecule has 0 radical (unpaired) electrons. The molecule has 0 atom stereocenters. The molecule has 0 unspecified atom stereocenters. The molecule has 0 spiro atoms. The minimum absolute atomic E-state index is 0.133. The lowest BCUT2D eigenvalue weighted by atomic mass is 10.3. The molecule has 2 N–H and O–H groups in total. The quantitative estimate of drug-likeness (QED) is 0.742. The molecular formula is C11H16N2O3. The van der Waals surface area contributed by atoms with Crippen molar-refractivity contribution in [1.82, 2.24) is 10.6 Å². The average molecular weight is 224 g/mol. The van der Waals surface area contributed by atoms with Crippen LogP contribution < -0.4 is 20.1 Å². The van der Waals surface area contributed by atoms with Crippen LogP contribution in [0.1, 0.15) is 6.92 Å². The normalized spacial score (nSPS) is 9.38. The first-order valence-electron chi connectivity index (χ1n) is 5.07. The maximum atomic E-state index is 10.8. The molecule has 1 aromatic rings. The van der Waals surface area contributed by atoms with Crippen molar-refractivity contribution < 1.29 is 14.3 Å². The second-order valence-corrected chi connectivity index (χ2v) is 2.95. The lowest BCUT2D eigenvalue weighted by molar-refractivity contribution is 0.226. The molecule has 0 aromatic heterocycles. The summed E-state index contributed by atoms with van der Waals surface area (Å²) in [6.07, 6.45) is 0. The zero-order valence-electron chi connectivity index (χ0n) is 9.45. The first-order chi connectivity index (χ1) is 7.76. The van der Waals surface area contributed by atoms with Gasteiger partial charge in [0.25, 0.3) is 0 Å². The Balaban J connectivity index is 2.34. The van der Waals surface area contributed by atoms with Gasteiger partial charge in [0.15, 0.2) is 6.73 Å². The van der Waals surface area contributed by atoms with Gasteiger partial charge in [0.1, 0.15) is 11.5 Å². The third kappa shape index (κ3) is 4.08. The standard InChI is InChI=1S/C11H16N2O3/c1-3-15-9-4-6-10(7-5-9)16-8-13-11(14)12-2/h4-7H,3,8H2,1-2H3,(H2,12,13,14). The monoisotopic (exact) mass is 224 g/mol. The van der Waals surface area contributed by atoms with Gasteiger partial charge in [-0.05, 0) is 31.2 Å². The van der Waals surface area contributed by atoms with E-state index in [-0.39, 0.29) is 12.8 Å². The van der Waals surface area contributed by atoms with E-state index in [9.17, 15) is 4.79 Å². The topological polar surface area (TPSA) is 59.6 Å². The molecule has 0 saturated carbocycles. The Morgan fingerprint density at radius 1 is 1.19 bits per heavy atom. The van der Waals surface area contributed by atoms with Crippen LogP contribution in [0.5, 0.6) is 11.5 Å². The van der Waals surface area contributed by atoms with E-state index in [0.717, 1.165) is 5.75 Å². The van der Waals surface area contributed by atoms with Gasteiger partial charge in [-0.2, -0.15) is 0 Å². The molecule has 0 aliphatic carbocycles. The summed E-state index contributed by atoms with van der Waals surface area (Å²) in [7, 11) is 1.55. The minimum Gasteiger partial charge on any atom is -0.494 e. The van der Waals surface area contributed by atoms with E-state index in [1.54, 1.807) is 19.2 Å². The fraction of sp³-hybridized carbons (Fsp3) is 0.364. The zero-order valence-corrected chi connectivity index (χ0v) is 9.45. The Hall–Kier alpha value is -1.91. The highest BCUT2D eigenvalue weighted by Gasteiger charge is 1.97.